The summed E-state index contributed by atoms with van der Waals surface area (Å²) in [6, 6.07) is 7.08. The van der Waals surface area contributed by atoms with Gasteiger partial charge in [-0.2, -0.15) is 0 Å². The minimum atomic E-state index is -3.27. The van der Waals surface area contributed by atoms with Crippen LogP contribution in [0, 0.1) is 0 Å². The molecule has 0 bridgehead atoms. The second kappa shape index (κ2) is 6.83. The summed E-state index contributed by atoms with van der Waals surface area (Å²) in [7, 11) is -1.26. The van der Waals surface area contributed by atoms with Gasteiger partial charge in [0.2, 0.25) is 10.0 Å². The van der Waals surface area contributed by atoms with Gasteiger partial charge in [-0.3, -0.25) is 0 Å². The Morgan fingerprint density at radius 1 is 1.19 bits per heavy atom. The zero-order valence-electron chi connectivity index (χ0n) is 12.2. The van der Waals surface area contributed by atoms with E-state index < -0.39 is 10.0 Å². The van der Waals surface area contributed by atoms with Crippen LogP contribution in [-0.2, 0) is 15.8 Å². The Balaban J connectivity index is 2.07. The zero-order chi connectivity index (χ0) is 15.5. The maximum Gasteiger partial charge on any atom is 0.218 e. The number of thiocarbonyl (C=S) groups is 1. The Morgan fingerprint density at radius 3 is 2.48 bits per heavy atom. The Hall–Kier alpha value is -1.02. The lowest BCUT2D eigenvalue weighted by Gasteiger charge is -2.20. The highest BCUT2D eigenvalue weighted by Gasteiger charge is 2.24. The van der Waals surface area contributed by atoms with Crippen LogP contribution in [0.1, 0.15) is 17.5 Å². The first-order valence-corrected chi connectivity index (χ1v) is 8.95. The molecule has 1 aromatic rings. The van der Waals surface area contributed by atoms with Crippen molar-refractivity contribution in [3.05, 3.63) is 35.4 Å². The minimum Gasteiger partial charge on any atom is -0.389 e. The van der Waals surface area contributed by atoms with Crippen molar-refractivity contribution in [3.63, 3.8) is 0 Å². The summed E-state index contributed by atoms with van der Waals surface area (Å²) < 4.78 is 26.6. The Kier molecular flexibility index (Phi) is 5.32. The van der Waals surface area contributed by atoms with E-state index in [-0.39, 0.29) is 5.75 Å². The van der Waals surface area contributed by atoms with Crippen molar-refractivity contribution >= 4 is 27.2 Å². The van der Waals surface area contributed by atoms with Crippen LogP contribution in [0.3, 0.4) is 0 Å². The molecule has 0 aliphatic carbocycles. The summed E-state index contributed by atoms with van der Waals surface area (Å²) >= 11 is 4.89. The zero-order valence-corrected chi connectivity index (χ0v) is 13.8. The third kappa shape index (κ3) is 4.47. The Bertz CT molecular complexity index is 599. The van der Waals surface area contributed by atoms with E-state index in [1.165, 1.54) is 0 Å². The molecule has 1 aliphatic heterocycles. The van der Waals surface area contributed by atoms with Gasteiger partial charge >= 0.3 is 0 Å². The molecule has 0 atom stereocenters. The van der Waals surface area contributed by atoms with Crippen molar-refractivity contribution in [1.82, 2.24) is 9.21 Å². The van der Waals surface area contributed by atoms with E-state index >= 15 is 0 Å². The number of rotatable bonds is 4. The lowest BCUT2D eigenvalue weighted by Crippen LogP contribution is -2.35. The van der Waals surface area contributed by atoms with E-state index in [4.69, 9.17) is 18.0 Å². The fourth-order valence-corrected chi connectivity index (χ4v) is 4.07. The third-order valence-corrected chi connectivity index (χ3v) is 5.75. The maximum atomic E-state index is 12.5. The summed E-state index contributed by atoms with van der Waals surface area (Å²) in [4.78, 5) is 2.48. The number of nitrogens with zero attached hydrogens (tertiary/aromatic N) is 2. The average molecular weight is 327 g/mol. The monoisotopic (exact) mass is 327 g/mol. The summed E-state index contributed by atoms with van der Waals surface area (Å²) in [5.41, 5.74) is 7.05. The first-order valence-electron chi connectivity index (χ1n) is 6.93. The Labute approximate surface area is 131 Å². The van der Waals surface area contributed by atoms with Gasteiger partial charge in [0.25, 0.3) is 0 Å². The van der Waals surface area contributed by atoms with Crippen LogP contribution in [0.25, 0.3) is 0 Å². The van der Waals surface area contributed by atoms with E-state index in [0.29, 0.717) is 18.1 Å². The molecule has 1 heterocycles. The van der Waals surface area contributed by atoms with Crippen LogP contribution in [0.2, 0.25) is 0 Å². The number of benzene rings is 1. The largest absolute Gasteiger partial charge is 0.389 e. The number of hydrogen-bond acceptors (Lipinski definition) is 4. The second-order valence-electron chi connectivity index (χ2n) is 5.37. The number of hydrogen-bond donors (Lipinski definition) is 1. The summed E-state index contributed by atoms with van der Waals surface area (Å²) in [6.45, 7) is 2.87. The highest BCUT2D eigenvalue weighted by atomic mass is 32.2. The normalized spacial score (nSPS) is 18.3. The molecule has 7 heteroatoms. The molecule has 1 fully saturated rings. The SMILES string of the molecule is CN1CCCN(S(=O)(=O)Cc2ccc(C(N)=S)cc2)CC1. The standard InChI is InChI=1S/C14H21N3O2S2/c1-16-7-2-8-17(10-9-16)21(18,19)11-12-3-5-13(6-4-12)14(15)20/h3-6H,2,7-11H2,1H3,(H2,15,20). The molecule has 0 radical (unpaired) electrons. The van der Waals surface area contributed by atoms with Gasteiger partial charge in [0.15, 0.2) is 0 Å². The van der Waals surface area contributed by atoms with Crippen molar-refractivity contribution < 1.29 is 8.42 Å². The summed E-state index contributed by atoms with van der Waals surface area (Å²) in [5.74, 6) is 0.0222. The predicted octanol–water partition coefficient (Wildman–Crippen LogP) is 0.788. The first-order chi connectivity index (χ1) is 9.88. The van der Waals surface area contributed by atoms with Gasteiger partial charge in [0, 0.05) is 25.2 Å². The topological polar surface area (TPSA) is 66.6 Å². The van der Waals surface area contributed by atoms with Crippen molar-refractivity contribution in [2.45, 2.75) is 12.2 Å². The molecule has 0 unspecified atom stereocenters. The number of likely N-dealkylation sites (N-methyl/N-ethyl adjacent to an activating group) is 1. The van der Waals surface area contributed by atoms with Gasteiger partial charge < -0.3 is 10.6 Å². The van der Waals surface area contributed by atoms with Gasteiger partial charge in [-0.15, -0.1) is 0 Å². The average Bonchev–Trinajstić information content (AvgIpc) is 2.64. The van der Waals surface area contributed by atoms with Crippen molar-refractivity contribution in [2.75, 3.05) is 33.2 Å². The molecule has 0 saturated carbocycles. The first kappa shape index (κ1) is 16.4. The van der Waals surface area contributed by atoms with Crippen LogP contribution in [0.5, 0.6) is 0 Å². The molecule has 0 aromatic heterocycles. The molecule has 5 nitrogen and oxygen atoms in total. The predicted molar refractivity (Wildman–Crippen MR) is 88.6 cm³/mol. The van der Waals surface area contributed by atoms with Gasteiger partial charge in [-0.1, -0.05) is 36.5 Å². The van der Waals surface area contributed by atoms with E-state index in [0.717, 1.165) is 30.6 Å². The molecular formula is C14H21N3O2S2. The van der Waals surface area contributed by atoms with E-state index in [9.17, 15) is 8.42 Å². The van der Waals surface area contributed by atoms with Crippen molar-refractivity contribution in [3.8, 4) is 0 Å². The fourth-order valence-electron chi connectivity index (χ4n) is 2.37. The number of nitrogens with two attached hydrogens (primary N) is 1. The van der Waals surface area contributed by atoms with Gasteiger partial charge in [0.05, 0.1) is 5.75 Å². The second-order valence-corrected chi connectivity index (χ2v) is 7.78. The Morgan fingerprint density at radius 2 is 1.86 bits per heavy atom. The summed E-state index contributed by atoms with van der Waals surface area (Å²) in [5, 5.41) is 0. The van der Waals surface area contributed by atoms with Gasteiger partial charge in [-0.05, 0) is 25.6 Å². The van der Waals surface area contributed by atoms with Crippen LogP contribution in [0.4, 0.5) is 0 Å². The molecular weight excluding hydrogens is 306 g/mol. The van der Waals surface area contributed by atoms with E-state index in [1.807, 2.05) is 7.05 Å². The maximum absolute atomic E-state index is 12.5. The third-order valence-electron chi connectivity index (χ3n) is 3.66. The van der Waals surface area contributed by atoms with E-state index in [1.54, 1.807) is 28.6 Å². The molecule has 1 aliphatic rings. The molecule has 1 saturated heterocycles. The molecule has 2 N–H and O–H groups in total. The van der Waals surface area contributed by atoms with Crippen LogP contribution < -0.4 is 5.73 Å². The molecule has 2 rings (SSSR count). The lowest BCUT2D eigenvalue weighted by atomic mass is 10.1. The van der Waals surface area contributed by atoms with Crippen LogP contribution >= 0.6 is 12.2 Å². The number of sulfonamides is 1. The fraction of sp³-hybridized carbons (Fsp3) is 0.500. The van der Waals surface area contributed by atoms with Crippen molar-refractivity contribution in [1.29, 1.82) is 0 Å². The highest BCUT2D eigenvalue weighted by molar-refractivity contribution is 7.88. The lowest BCUT2D eigenvalue weighted by molar-refractivity contribution is 0.347. The smallest absolute Gasteiger partial charge is 0.218 e. The van der Waals surface area contributed by atoms with Gasteiger partial charge in [-0.25, -0.2) is 12.7 Å². The quantitative estimate of drug-likeness (QED) is 0.828. The molecule has 0 amide bonds. The summed E-state index contributed by atoms with van der Waals surface area (Å²) in [6.07, 6.45) is 0.871. The molecule has 1 aromatic carbocycles. The minimum absolute atomic E-state index is 0.0222. The van der Waals surface area contributed by atoms with E-state index in [2.05, 4.69) is 4.90 Å². The van der Waals surface area contributed by atoms with Crippen LogP contribution in [0.15, 0.2) is 24.3 Å². The highest BCUT2D eigenvalue weighted by Crippen LogP contribution is 2.14. The van der Waals surface area contributed by atoms with Gasteiger partial charge in [0.1, 0.15) is 4.99 Å². The molecule has 21 heavy (non-hydrogen) atoms. The van der Waals surface area contributed by atoms with Crippen LogP contribution in [-0.4, -0.2) is 55.8 Å². The molecule has 0 spiro atoms. The van der Waals surface area contributed by atoms with Crippen molar-refractivity contribution in [2.24, 2.45) is 5.73 Å². The molecule has 116 valence electrons.